The molecule has 0 heterocycles. The van der Waals surface area contributed by atoms with Crippen LogP contribution >= 0.6 is 0 Å². The van der Waals surface area contributed by atoms with E-state index in [0.717, 1.165) is 18.4 Å². The Morgan fingerprint density at radius 2 is 1.75 bits per heavy atom. The Kier molecular flexibility index (Phi) is 4.26. The third-order valence-electron chi connectivity index (χ3n) is 4.94. The zero-order valence-electron chi connectivity index (χ0n) is 10.9. The summed E-state index contributed by atoms with van der Waals surface area (Å²) in [5, 5.41) is 9.95. The van der Waals surface area contributed by atoms with Crippen molar-refractivity contribution in [3.05, 3.63) is 0 Å². The van der Waals surface area contributed by atoms with Crippen LogP contribution in [0.5, 0.6) is 0 Å². The van der Waals surface area contributed by atoms with E-state index in [-0.39, 0.29) is 6.10 Å². The lowest BCUT2D eigenvalue weighted by molar-refractivity contribution is 0.0441. The number of hydrogen-bond acceptors (Lipinski definition) is 2. The monoisotopic (exact) mass is 225 g/mol. The topological polar surface area (TPSA) is 23.5 Å². The Labute approximate surface area is 100 Å². The molecule has 2 aliphatic rings. The van der Waals surface area contributed by atoms with Gasteiger partial charge in [0, 0.05) is 12.1 Å². The summed E-state index contributed by atoms with van der Waals surface area (Å²) in [5.41, 5.74) is 0. The van der Waals surface area contributed by atoms with Crippen LogP contribution < -0.4 is 0 Å². The Morgan fingerprint density at radius 1 is 1.06 bits per heavy atom. The highest BCUT2D eigenvalue weighted by atomic mass is 16.3. The summed E-state index contributed by atoms with van der Waals surface area (Å²) in [5.74, 6) is 0.971. The fourth-order valence-corrected chi connectivity index (χ4v) is 3.63. The molecule has 2 rings (SSSR count). The van der Waals surface area contributed by atoms with E-state index in [1.807, 2.05) is 0 Å². The molecule has 0 aromatic heterocycles. The second kappa shape index (κ2) is 5.50. The van der Waals surface area contributed by atoms with Crippen molar-refractivity contribution in [1.82, 2.24) is 4.90 Å². The van der Waals surface area contributed by atoms with Crippen LogP contribution in [-0.4, -0.2) is 35.2 Å². The van der Waals surface area contributed by atoms with Gasteiger partial charge in [0.25, 0.3) is 0 Å². The van der Waals surface area contributed by atoms with Gasteiger partial charge in [-0.25, -0.2) is 0 Å². The number of nitrogens with zero attached hydrogens (tertiary/aromatic N) is 1. The number of rotatable bonds is 3. The molecule has 0 amide bonds. The van der Waals surface area contributed by atoms with Gasteiger partial charge in [0.05, 0.1) is 6.10 Å². The van der Waals surface area contributed by atoms with E-state index in [1.165, 1.54) is 44.9 Å². The average molecular weight is 225 g/mol. The van der Waals surface area contributed by atoms with Crippen LogP contribution in [0.25, 0.3) is 0 Å². The molecule has 0 aliphatic heterocycles. The summed E-state index contributed by atoms with van der Waals surface area (Å²) in [6, 6.07) is 1.18. The van der Waals surface area contributed by atoms with Crippen LogP contribution in [0.1, 0.15) is 58.3 Å². The van der Waals surface area contributed by atoms with Gasteiger partial charge in [-0.2, -0.15) is 0 Å². The van der Waals surface area contributed by atoms with Crippen molar-refractivity contribution >= 4 is 0 Å². The van der Waals surface area contributed by atoms with E-state index >= 15 is 0 Å². The predicted molar refractivity (Wildman–Crippen MR) is 67.4 cm³/mol. The van der Waals surface area contributed by atoms with E-state index in [0.29, 0.717) is 6.04 Å². The molecular weight excluding hydrogens is 198 g/mol. The average Bonchev–Trinajstić information content (AvgIpc) is 2.75. The second-order valence-corrected chi connectivity index (χ2v) is 5.81. The lowest BCUT2D eigenvalue weighted by atomic mass is 9.83. The molecule has 2 atom stereocenters. The molecule has 2 fully saturated rings. The Bertz CT molecular complexity index is 211. The molecule has 2 heteroatoms. The largest absolute Gasteiger partial charge is 0.391 e. The van der Waals surface area contributed by atoms with E-state index < -0.39 is 0 Å². The molecule has 0 radical (unpaired) electrons. The van der Waals surface area contributed by atoms with Crippen molar-refractivity contribution in [3.63, 3.8) is 0 Å². The number of aliphatic hydroxyl groups excluding tert-OH is 1. The van der Waals surface area contributed by atoms with Crippen molar-refractivity contribution in [2.45, 2.75) is 76.5 Å². The van der Waals surface area contributed by atoms with E-state index in [4.69, 9.17) is 0 Å². The Morgan fingerprint density at radius 3 is 2.25 bits per heavy atom. The highest BCUT2D eigenvalue weighted by molar-refractivity contribution is 4.88. The first-order chi connectivity index (χ1) is 7.72. The molecule has 0 bridgehead atoms. The molecule has 0 aromatic carbocycles. The van der Waals surface area contributed by atoms with E-state index in [1.54, 1.807) is 0 Å². The van der Waals surface area contributed by atoms with Crippen molar-refractivity contribution < 1.29 is 5.11 Å². The normalized spacial score (nSPS) is 40.5. The van der Waals surface area contributed by atoms with Crippen LogP contribution in [-0.2, 0) is 0 Å². The van der Waals surface area contributed by atoms with Gasteiger partial charge in [-0.1, -0.05) is 13.3 Å². The SMILES string of the molecule is CCC1CCC(N(C)[C@@H]2CCC[C@H]2O)CC1. The third-order valence-corrected chi connectivity index (χ3v) is 4.94. The highest BCUT2D eigenvalue weighted by Crippen LogP contribution is 2.32. The first-order valence-corrected chi connectivity index (χ1v) is 7.12. The van der Waals surface area contributed by atoms with E-state index in [2.05, 4.69) is 18.9 Å². The fourth-order valence-electron chi connectivity index (χ4n) is 3.63. The third kappa shape index (κ3) is 2.60. The number of likely N-dealkylation sites (N-methyl/N-ethyl adjacent to an activating group) is 1. The molecular formula is C14H27NO. The summed E-state index contributed by atoms with van der Waals surface area (Å²) in [6.45, 7) is 2.31. The van der Waals surface area contributed by atoms with Gasteiger partial charge >= 0.3 is 0 Å². The first kappa shape index (κ1) is 12.4. The Balaban J connectivity index is 1.83. The molecule has 94 valence electrons. The molecule has 0 unspecified atom stereocenters. The summed E-state index contributed by atoms with van der Waals surface area (Å²) >= 11 is 0. The minimum atomic E-state index is -0.0612. The standard InChI is InChI=1S/C14H27NO/c1-3-11-7-9-12(10-8-11)15(2)13-5-4-6-14(13)16/h11-14,16H,3-10H2,1-2H3/t11?,12?,13-,14-/m1/s1. The second-order valence-electron chi connectivity index (χ2n) is 5.81. The fraction of sp³-hybridized carbons (Fsp3) is 1.00. The maximum atomic E-state index is 9.95. The quantitative estimate of drug-likeness (QED) is 0.798. The molecule has 0 aromatic rings. The smallest absolute Gasteiger partial charge is 0.0695 e. The van der Waals surface area contributed by atoms with Crippen LogP contribution in [0.15, 0.2) is 0 Å². The molecule has 2 nitrogen and oxygen atoms in total. The van der Waals surface area contributed by atoms with Gasteiger partial charge in [-0.05, 0) is 57.9 Å². The zero-order valence-corrected chi connectivity index (χ0v) is 10.9. The van der Waals surface area contributed by atoms with Gasteiger partial charge in [-0.3, -0.25) is 4.90 Å². The summed E-state index contributed by atoms with van der Waals surface area (Å²) in [4.78, 5) is 2.49. The molecule has 1 N–H and O–H groups in total. The minimum Gasteiger partial charge on any atom is -0.391 e. The van der Waals surface area contributed by atoms with Crippen LogP contribution in [0.3, 0.4) is 0 Å². The van der Waals surface area contributed by atoms with Gasteiger partial charge in [0.1, 0.15) is 0 Å². The van der Waals surface area contributed by atoms with Gasteiger partial charge in [0.15, 0.2) is 0 Å². The molecule has 16 heavy (non-hydrogen) atoms. The maximum absolute atomic E-state index is 9.95. The van der Waals surface area contributed by atoms with Gasteiger partial charge in [-0.15, -0.1) is 0 Å². The summed E-state index contributed by atoms with van der Waals surface area (Å²) in [6.07, 6.45) is 10.2. The van der Waals surface area contributed by atoms with Crippen molar-refractivity contribution in [2.24, 2.45) is 5.92 Å². The zero-order chi connectivity index (χ0) is 11.5. The Hall–Kier alpha value is -0.0800. The molecule has 2 saturated carbocycles. The maximum Gasteiger partial charge on any atom is 0.0695 e. The summed E-state index contributed by atoms with van der Waals surface area (Å²) in [7, 11) is 2.23. The van der Waals surface area contributed by atoms with Crippen molar-refractivity contribution in [2.75, 3.05) is 7.05 Å². The molecule has 0 saturated heterocycles. The van der Waals surface area contributed by atoms with Gasteiger partial charge < -0.3 is 5.11 Å². The highest BCUT2D eigenvalue weighted by Gasteiger charge is 2.33. The number of aliphatic hydroxyl groups is 1. The lowest BCUT2D eigenvalue weighted by Crippen LogP contribution is -2.45. The lowest BCUT2D eigenvalue weighted by Gasteiger charge is -2.38. The van der Waals surface area contributed by atoms with Crippen LogP contribution in [0.4, 0.5) is 0 Å². The van der Waals surface area contributed by atoms with E-state index in [9.17, 15) is 5.11 Å². The minimum absolute atomic E-state index is 0.0612. The first-order valence-electron chi connectivity index (χ1n) is 7.12. The van der Waals surface area contributed by atoms with Gasteiger partial charge in [0.2, 0.25) is 0 Å². The van der Waals surface area contributed by atoms with Crippen molar-refractivity contribution in [3.8, 4) is 0 Å². The molecule has 0 spiro atoms. The number of hydrogen-bond donors (Lipinski definition) is 1. The van der Waals surface area contributed by atoms with Crippen LogP contribution in [0.2, 0.25) is 0 Å². The van der Waals surface area contributed by atoms with Crippen LogP contribution in [0, 0.1) is 5.92 Å². The molecule has 2 aliphatic carbocycles. The summed E-state index contributed by atoms with van der Waals surface area (Å²) < 4.78 is 0. The van der Waals surface area contributed by atoms with Crippen molar-refractivity contribution in [1.29, 1.82) is 0 Å². The predicted octanol–water partition coefficient (Wildman–Crippen LogP) is 2.80.